The molecule has 0 spiro atoms. The van der Waals surface area contributed by atoms with Crippen molar-refractivity contribution in [1.29, 1.82) is 0 Å². The summed E-state index contributed by atoms with van der Waals surface area (Å²) in [5.74, 6) is 5.42. The van der Waals surface area contributed by atoms with Crippen LogP contribution in [0, 0.1) is 20.8 Å². The van der Waals surface area contributed by atoms with Crippen LogP contribution in [0.5, 0.6) is 0 Å². The molecule has 3 aromatic carbocycles. The monoisotopic (exact) mass is 1290 g/mol. The molecule has 12 aliphatic heterocycles. The number of imidazole rings is 5. The van der Waals surface area contributed by atoms with Crippen molar-refractivity contribution in [3.63, 3.8) is 0 Å². The highest BCUT2D eigenvalue weighted by Gasteiger charge is 2.50. The minimum Gasteiger partial charge on any atom is -0.225 e. The summed E-state index contributed by atoms with van der Waals surface area (Å²) in [4.78, 5) is 0. The van der Waals surface area contributed by atoms with Crippen molar-refractivity contribution in [3.8, 4) is 57.3 Å². The number of rotatable bonds is 1. The normalized spacial score (nSPS) is 14.7. The Morgan fingerprint density at radius 2 is 0.960 bits per heavy atom. The van der Waals surface area contributed by atoms with Crippen LogP contribution in [0.3, 0.4) is 0 Å². The summed E-state index contributed by atoms with van der Waals surface area (Å²) in [7, 11) is 0. The molecule has 29 rings (SSSR count). The second-order valence-corrected chi connectivity index (χ2v) is 28.8. The zero-order valence-corrected chi connectivity index (χ0v) is 55.1. The first-order valence-electron chi connectivity index (χ1n) is 34.8. The Balaban J connectivity index is 0.0000000727. The van der Waals surface area contributed by atoms with Gasteiger partial charge in [-0.25, -0.2) is 32.0 Å². The molecule has 0 amide bonds. The minimum absolute atomic E-state index is 0.867. The fraction of sp³-hybridized carbons (Fsp3) is 0.188. The van der Waals surface area contributed by atoms with Gasteiger partial charge >= 0.3 is 40.4 Å². The van der Waals surface area contributed by atoms with E-state index in [1.807, 2.05) is 0 Å². The Kier molecular flexibility index (Phi) is 9.97. The summed E-state index contributed by atoms with van der Waals surface area (Å²) in [5, 5.41) is 13.0. The highest BCUT2D eigenvalue weighted by molar-refractivity contribution is 6.13. The zero-order chi connectivity index (χ0) is 64.5. The second kappa shape index (κ2) is 18.6. The first kappa shape index (κ1) is 53.0. The first-order valence-corrected chi connectivity index (χ1v) is 34.8. The minimum atomic E-state index is 0.867. The number of nitrogens with zero attached hydrogens (tertiary/aromatic N) is 19. The van der Waals surface area contributed by atoms with Crippen molar-refractivity contribution in [2.75, 3.05) is 0 Å². The molecule has 99 heavy (non-hydrogen) atoms. The van der Waals surface area contributed by atoms with Crippen LogP contribution >= 0.6 is 0 Å². The Bertz CT molecular complexity index is 6430. The predicted octanol–water partition coefficient (Wildman–Crippen LogP) is 4.72. The third-order valence-electron chi connectivity index (χ3n) is 23.3. The van der Waals surface area contributed by atoms with Gasteiger partial charge < -0.3 is 0 Å². The average molecular weight is 1290 g/mol. The van der Waals surface area contributed by atoms with E-state index in [2.05, 4.69) is 316 Å². The molecule has 17 aromatic rings. The van der Waals surface area contributed by atoms with Crippen molar-refractivity contribution in [1.82, 2.24) is 32.3 Å². The molecule has 0 saturated heterocycles. The molecule has 470 valence electrons. The SMILES string of the molecule is Cc1c[n+]2c3n1Cc1ccc[n+](c1-3)C2.Cc1cc[n+]2c3c1c1cccc4c1c1n3c(c[n+]1C4)C2.Cc1nn2c3c1C[n+]1ccc[n+](c1-3)C2.c1cc2c3[n+](c1)C[n+]1ccn(c1-3)C2.c1cc2c3c(c1)c1ccc[n+]4c1n1c(c[n+](c31)C2)C4.c1ccc(-c2c[n+]3c4n2Cc2ccc[n+](c2-4)C3)cc1. The van der Waals surface area contributed by atoms with Gasteiger partial charge in [-0.3, -0.25) is 0 Å². The molecule has 0 radical (unpaired) electrons. The van der Waals surface area contributed by atoms with Crippen molar-refractivity contribution >= 4 is 54.9 Å². The lowest BCUT2D eigenvalue weighted by Gasteiger charge is -2.04. The van der Waals surface area contributed by atoms with Gasteiger partial charge in [0, 0.05) is 52.6 Å². The van der Waals surface area contributed by atoms with Crippen LogP contribution in [0.2, 0.25) is 0 Å². The largest absolute Gasteiger partial charge is 0.472 e. The molecule has 12 aliphatic rings. The third-order valence-corrected chi connectivity index (χ3v) is 23.3. The van der Waals surface area contributed by atoms with Gasteiger partial charge in [0.25, 0.3) is 42.6 Å². The number of hydrogen-bond acceptors (Lipinski definition) is 1. The van der Waals surface area contributed by atoms with E-state index >= 15 is 0 Å². The molecular weight excluding hydrogens is 1230 g/mol. The molecule has 0 atom stereocenters. The van der Waals surface area contributed by atoms with E-state index in [0.717, 1.165) is 79.0 Å². The number of aryl methyl sites for hydroxylation is 3. The fourth-order valence-electron chi connectivity index (χ4n) is 19.3. The molecular formula is C80H67N19+12. The van der Waals surface area contributed by atoms with E-state index in [0.29, 0.717) is 0 Å². The van der Waals surface area contributed by atoms with Crippen LogP contribution in [0.4, 0.5) is 0 Å². The van der Waals surface area contributed by atoms with E-state index in [1.165, 1.54) is 174 Å². The molecule has 26 heterocycles. The van der Waals surface area contributed by atoms with Gasteiger partial charge in [0.05, 0.1) is 68.0 Å². The summed E-state index contributed by atoms with van der Waals surface area (Å²) in [6.07, 6.45) is 28.6. The summed E-state index contributed by atoms with van der Waals surface area (Å²) in [6.45, 7) is 18.3. The van der Waals surface area contributed by atoms with E-state index in [-0.39, 0.29) is 0 Å². The maximum Gasteiger partial charge on any atom is 0.472 e. The lowest BCUT2D eigenvalue weighted by molar-refractivity contribution is -0.877. The number of fused-ring (bicyclic) bond motifs is 2. The lowest BCUT2D eigenvalue weighted by Crippen LogP contribution is -2.45. The standard InChI is InChI=1S/C17H13N3.C16H11N3.C16H13N3.C11H11N3.C10H10N4.C10H9N3/c1-10-5-6-18-8-12-9-19-7-11-3-2-4-13-14(10)16(18)20(12)17(19)15(11)13;1-3-10-7-18-9-11-8-17-6-2-5-13-12(4-1)14(10)16(18)19(11)15(13)17;1-2-5-12(6-3-1)14-10-18-11-17-8-4-7-13-9-19(14)16(18)15(13)17;1-8-5-13-7-12-4-2-3-9-6-14(8)11(13)10(9)12;1-7-8-5-12-3-2-4-13-6-14(11-7)9(8)10(12)13;1-2-8-6-11-4-5-13-7-12(3-1)9(8)10(11)13/h2-6,9H,7-8H2,1H3;1-6,9H,7-8H2;1-8,10H,9,11H2;2-5H,6-7H2,1H3;2-4H,5-6H2,1H3;1-5H,6-7H2/q6*+2. The first-order chi connectivity index (χ1) is 48.8. The van der Waals surface area contributed by atoms with Crippen molar-refractivity contribution in [2.45, 2.75) is 99.8 Å². The van der Waals surface area contributed by atoms with Gasteiger partial charge in [-0.1, -0.05) is 66.7 Å². The van der Waals surface area contributed by atoms with Gasteiger partial charge in [0.15, 0.2) is 67.7 Å². The molecule has 0 aliphatic carbocycles. The smallest absolute Gasteiger partial charge is 0.225 e. The molecule has 0 bridgehead atoms. The molecule has 19 nitrogen and oxygen atoms in total. The van der Waals surface area contributed by atoms with Crippen molar-refractivity contribution < 1.29 is 54.8 Å². The Morgan fingerprint density at radius 3 is 1.71 bits per heavy atom. The number of pyridine rings is 7. The average Bonchev–Trinajstić information content (AvgIpc) is 1.54. The van der Waals surface area contributed by atoms with Gasteiger partial charge in [0.1, 0.15) is 75.6 Å². The quantitative estimate of drug-likeness (QED) is 0.173. The lowest BCUT2D eigenvalue weighted by atomic mass is 10.0. The van der Waals surface area contributed by atoms with Crippen LogP contribution in [0.15, 0.2) is 208 Å². The van der Waals surface area contributed by atoms with Gasteiger partial charge in [-0.2, -0.15) is 46.0 Å². The molecule has 0 fully saturated rings. The Hall–Kier alpha value is -12.3. The summed E-state index contributed by atoms with van der Waals surface area (Å²) < 4.78 is 42.2. The highest BCUT2D eigenvalue weighted by Crippen LogP contribution is 2.39. The summed E-state index contributed by atoms with van der Waals surface area (Å²) >= 11 is 0. The highest BCUT2D eigenvalue weighted by atomic mass is 15.4. The Morgan fingerprint density at radius 1 is 0.384 bits per heavy atom. The summed E-state index contributed by atoms with van der Waals surface area (Å²) in [5.41, 5.74) is 29.0. The fourth-order valence-corrected chi connectivity index (χ4v) is 19.3. The van der Waals surface area contributed by atoms with E-state index in [1.54, 1.807) is 0 Å². The number of benzene rings is 3. The van der Waals surface area contributed by atoms with E-state index in [4.69, 9.17) is 0 Å². The van der Waals surface area contributed by atoms with Gasteiger partial charge in [-0.05, 0) is 55.8 Å². The van der Waals surface area contributed by atoms with Crippen LogP contribution in [0.1, 0.15) is 61.7 Å². The van der Waals surface area contributed by atoms with E-state index in [9.17, 15) is 0 Å². The zero-order valence-electron chi connectivity index (χ0n) is 55.1. The van der Waals surface area contributed by atoms with Crippen molar-refractivity contribution in [3.05, 3.63) is 270 Å². The van der Waals surface area contributed by atoms with Crippen molar-refractivity contribution in [2.24, 2.45) is 0 Å². The Labute approximate surface area is 565 Å². The van der Waals surface area contributed by atoms with Crippen LogP contribution in [-0.2, 0) is 79.0 Å². The maximum absolute atomic E-state index is 4.53. The number of aromatic nitrogens is 19. The molecule has 19 heteroatoms. The van der Waals surface area contributed by atoms with Crippen LogP contribution in [0.25, 0.3) is 112 Å². The third kappa shape index (κ3) is 6.88. The van der Waals surface area contributed by atoms with Gasteiger partial charge in [0.2, 0.25) is 12.4 Å². The molecule has 0 saturated carbocycles. The molecule has 0 unspecified atom stereocenters. The van der Waals surface area contributed by atoms with Crippen LogP contribution in [-0.4, -0.2) is 32.3 Å². The van der Waals surface area contributed by atoms with E-state index < -0.39 is 0 Å². The maximum atomic E-state index is 4.53. The summed E-state index contributed by atoms with van der Waals surface area (Å²) in [6, 6.07) is 46.0. The topological polar surface area (TPSA) is 88.0 Å². The van der Waals surface area contributed by atoms with Gasteiger partial charge in [-0.15, -0.1) is 9.13 Å². The molecule has 14 aromatic heterocycles. The predicted molar refractivity (Wildman–Crippen MR) is 358 cm³/mol. The second-order valence-electron chi connectivity index (χ2n) is 28.8. The number of hydrogen-bond donors (Lipinski definition) is 0. The van der Waals surface area contributed by atoms with Crippen LogP contribution < -0.4 is 54.8 Å². The molecule has 0 N–H and O–H groups in total.